The average molecular weight is 495 g/mol. The van der Waals surface area contributed by atoms with Crippen LogP contribution in [0.3, 0.4) is 0 Å². The highest BCUT2D eigenvalue weighted by molar-refractivity contribution is 7.92. The number of hydrogen-bond acceptors (Lipinski definition) is 5. The number of carbonyl (C=O) groups excluding carboxylic acids is 1. The van der Waals surface area contributed by atoms with Crippen LogP contribution >= 0.6 is 0 Å². The summed E-state index contributed by atoms with van der Waals surface area (Å²) in [5.41, 5.74) is 1.82. The molecule has 0 unspecified atom stereocenters. The molecule has 0 aliphatic carbocycles. The normalized spacial score (nSPS) is 15.7. The molecule has 1 N–H and O–H groups in total. The Hall–Kier alpha value is -3.52. The van der Waals surface area contributed by atoms with Crippen LogP contribution in [0.2, 0.25) is 0 Å². The molecule has 1 aliphatic rings. The van der Waals surface area contributed by atoms with Crippen LogP contribution in [0.4, 0.5) is 5.69 Å². The first-order valence-corrected chi connectivity index (χ1v) is 12.8. The van der Waals surface area contributed by atoms with E-state index < -0.39 is 21.7 Å². The molecule has 1 amide bonds. The third-order valence-corrected chi connectivity index (χ3v) is 7.67. The molecule has 1 heterocycles. The van der Waals surface area contributed by atoms with Gasteiger partial charge < -0.3 is 14.8 Å². The van der Waals surface area contributed by atoms with E-state index in [0.717, 1.165) is 11.1 Å². The standard InChI is InChI=1S/C27H30N2O5S/c1-19-10-15-24-23(16-19)29(35(31,32)22-13-11-21(33-4)12-14-22)18-25(34-24)26(30)28-27(2,3)17-20-8-6-5-7-9-20/h5-16,25H,17-18H2,1-4H3,(H,28,30)/t25-/m0/s1. The number of ether oxygens (including phenoxy) is 2. The molecule has 35 heavy (non-hydrogen) atoms. The fraction of sp³-hybridized carbons (Fsp3) is 0.296. The Bertz CT molecular complexity index is 1310. The summed E-state index contributed by atoms with van der Waals surface area (Å²) in [6.45, 7) is 5.61. The van der Waals surface area contributed by atoms with E-state index in [0.29, 0.717) is 23.6 Å². The maximum Gasteiger partial charge on any atom is 0.264 e. The van der Waals surface area contributed by atoms with E-state index >= 15 is 0 Å². The Morgan fingerprint density at radius 2 is 1.77 bits per heavy atom. The van der Waals surface area contributed by atoms with Gasteiger partial charge in [0.25, 0.3) is 15.9 Å². The Labute approximate surface area is 206 Å². The van der Waals surface area contributed by atoms with Crippen molar-refractivity contribution in [3.63, 3.8) is 0 Å². The molecule has 184 valence electrons. The van der Waals surface area contributed by atoms with Gasteiger partial charge in [0.1, 0.15) is 11.5 Å². The second kappa shape index (κ2) is 9.62. The summed E-state index contributed by atoms with van der Waals surface area (Å²) >= 11 is 0. The Morgan fingerprint density at radius 1 is 1.09 bits per heavy atom. The number of rotatable bonds is 7. The van der Waals surface area contributed by atoms with Crippen LogP contribution in [0.15, 0.2) is 77.7 Å². The Balaban J connectivity index is 1.62. The lowest BCUT2D eigenvalue weighted by Crippen LogP contribution is -2.55. The molecule has 1 atom stereocenters. The number of nitrogens with one attached hydrogen (secondary N) is 1. The lowest BCUT2D eigenvalue weighted by atomic mass is 9.94. The number of sulfonamides is 1. The van der Waals surface area contributed by atoms with Crippen LogP contribution in [-0.4, -0.2) is 39.6 Å². The summed E-state index contributed by atoms with van der Waals surface area (Å²) < 4.78 is 39.7. The van der Waals surface area contributed by atoms with Crippen molar-refractivity contribution in [3.8, 4) is 11.5 Å². The van der Waals surface area contributed by atoms with Gasteiger partial charge in [0.05, 0.1) is 24.2 Å². The molecule has 0 aromatic heterocycles. The summed E-state index contributed by atoms with van der Waals surface area (Å²) in [4.78, 5) is 13.4. The first-order chi connectivity index (χ1) is 16.6. The van der Waals surface area contributed by atoms with Crippen LogP contribution in [0.1, 0.15) is 25.0 Å². The molecule has 1 aliphatic heterocycles. The summed E-state index contributed by atoms with van der Waals surface area (Å²) in [7, 11) is -2.44. The van der Waals surface area contributed by atoms with E-state index in [1.807, 2.05) is 57.2 Å². The molecule has 0 fully saturated rings. The van der Waals surface area contributed by atoms with Crippen LogP contribution in [0.25, 0.3) is 0 Å². The van der Waals surface area contributed by atoms with Gasteiger partial charge in [-0.2, -0.15) is 0 Å². The number of aryl methyl sites for hydroxylation is 1. The highest BCUT2D eigenvalue weighted by Crippen LogP contribution is 2.38. The van der Waals surface area contributed by atoms with Gasteiger partial charge in [-0.25, -0.2) is 8.42 Å². The maximum absolute atomic E-state index is 13.7. The van der Waals surface area contributed by atoms with E-state index in [4.69, 9.17) is 9.47 Å². The molecule has 3 aromatic carbocycles. The van der Waals surface area contributed by atoms with Gasteiger partial charge >= 0.3 is 0 Å². The van der Waals surface area contributed by atoms with Crippen LogP contribution < -0.4 is 19.1 Å². The molecule has 0 saturated heterocycles. The fourth-order valence-corrected chi connectivity index (χ4v) is 5.63. The van der Waals surface area contributed by atoms with Crippen LogP contribution in [0, 0.1) is 6.92 Å². The van der Waals surface area contributed by atoms with Crippen molar-refractivity contribution >= 4 is 21.6 Å². The third-order valence-electron chi connectivity index (χ3n) is 5.87. The van der Waals surface area contributed by atoms with Gasteiger partial charge in [0, 0.05) is 5.54 Å². The maximum atomic E-state index is 13.7. The van der Waals surface area contributed by atoms with E-state index in [2.05, 4.69) is 5.32 Å². The molecule has 0 radical (unpaired) electrons. The molecule has 3 aromatic rings. The molecule has 0 bridgehead atoms. The highest BCUT2D eigenvalue weighted by Gasteiger charge is 2.39. The zero-order chi connectivity index (χ0) is 25.2. The quantitative estimate of drug-likeness (QED) is 0.535. The number of methoxy groups -OCH3 is 1. The van der Waals surface area contributed by atoms with Gasteiger partial charge in [-0.05, 0) is 74.7 Å². The van der Waals surface area contributed by atoms with Gasteiger partial charge in [0.15, 0.2) is 6.10 Å². The van der Waals surface area contributed by atoms with Crippen molar-refractivity contribution in [2.24, 2.45) is 0 Å². The minimum absolute atomic E-state index is 0.108. The van der Waals surface area contributed by atoms with E-state index in [9.17, 15) is 13.2 Å². The van der Waals surface area contributed by atoms with Gasteiger partial charge in [-0.1, -0.05) is 36.4 Å². The average Bonchev–Trinajstić information content (AvgIpc) is 2.83. The lowest BCUT2D eigenvalue weighted by Gasteiger charge is -2.36. The van der Waals surface area contributed by atoms with Crippen molar-refractivity contribution in [1.29, 1.82) is 0 Å². The predicted molar refractivity (Wildman–Crippen MR) is 135 cm³/mol. The van der Waals surface area contributed by atoms with Crippen molar-refractivity contribution < 1.29 is 22.7 Å². The molecule has 0 spiro atoms. The minimum Gasteiger partial charge on any atom is -0.497 e. The number of amides is 1. The monoisotopic (exact) mass is 494 g/mol. The first kappa shape index (κ1) is 24.6. The SMILES string of the molecule is COc1ccc(S(=O)(=O)N2C[C@@H](C(=O)NC(C)(C)Cc3ccccc3)Oc3ccc(C)cc32)cc1. The second-order valence-electron chi connectivity index (χ2n) is 9.32. The first-order valence-electron chi connectivity index (χ1n) is 11.4. The van der Waals surface area contributed by atoms with Gasteiger partial charge in [0.2, 0.25) is 0 Å². The van der Waals surface area contributed by atoms with E-state index in [1.165, 1.54) is 23.5 Å². The zero-order valence-corrected chi connectivity index (χ0v) is 21.1. The lowest BCUT2D eigenvalue weighted by molar-refractivity contribution is -0.129. The number of carbonyl (C=O) groups is 1. The van der Waals surface area contributed by atoms with Crippen molar-refractivity contribution in [1.82, 2.24) is 5.32 Å². The number of anilines is 1. The van der Waals surface area contributed by atoms with Crippen molar-refractivity contribution in [2.45, 2.75) is 43.7 Å². The summed E-state index contributed by atoms with van der Waals surface area (Å²) in [5.74, 6) is 0.534. The third kappa shape index (κ3) is 5.43. The van der Waals surface area contributed by atoms with Gasteiger partial charge in [-0.15, -0.1) is 0 Å². The summed E-state index contributed by atoms with van der Waals surface area (Å²) in [6, 6.07) is 21.4. The zero-order valence-electron chi connectivity index (χ0n) is 20.3. The molecule has 7 nitrogen and oxygen atoms in total. The largest absolute Gasteiger partial charge is 0.497 e. The Kier molecular flexibility index (Phi) is 6.76. The molecular formula is C27H30N2O5S. The number of nitrogens with zero attached hydrogens (tertiary/aromatic N) is 1. The summed E-state index contributed by atoms with van der Waals surface area (Å²) in [5, 5.41) is 3.04. The Morgan fingerprint density at radius 3 is 2.43 bits per heavy atom. The second-order valence-corrected chi connectivity index (χ2v) is 11.2. The summed E-state index contributed by atoms with van der Waals surface area (Å²) in [6.07, 6.45) is -0.385. The number of benzene rings is 3. The van der Waals surface area contributed by atoms with E-state index in [1.54, 1.807) is 24.3 Å². The van der Waals surface area contributed by atoms with Crippen LogP contribution in [0.5, 0.6) is 11.5 Å². The van der Waals surface area contributed by atoms with Crippen LogP contribution in [-0.2, 0) is 21.2 Å². The number of fused-ring (bicyclic) bond motifs is 1. The van der Waals surface area contributed by atoms with Crippen molar-refractivity contribution in [2.75, 3.05) is 18.0 Å². The highest BCUT2D eigenvalue weighted by atomic mass is 32.2. The molecular weight excluding hydrogens is 464 g/mol. The predicted octanol–water partition coefficient (Wildman–Crippen LogP) is 4.10. The minimum atomic E-state index is -3.96. The molecule has 4 rings (SSSR count). The smallest absolute Gasteiger partial charge is 0.264 e. The molecule has 8 heteroatoms. The topological polar surface area (TPSA) is 84.9 Å². The van der Waals surface area contributed by atoms with E-state index in [-0.39, 0.29) is 17.3 Å². The van der Waals surface area contributed by atoms with Crippen molar-refractivity contribution in [3.05, 3.63) is 83.9 Å². The molecule has 0 saturated carbocycles. The van der Waals surface area contributed by atoms with Gasteiger partial charge in [-0.3, -0.25) is 9.10 Å². The number of hydrogen-bond donors (Lipinski definition) is 1. The fourth-order valence-electron chi connectivity index (χ4n) is 4.16.